The Kier molecular flexibility index (Phi) is 6.33. The average molecular weight is 434 g/mol. The quantitative estimate of drug-likeness (QED) is 0.692. The molecule has 0 spiro atoms. The molecule has 2 N–H and O–H groups in total. The molecule has 2 amide bonds. The highest BCUT2D eigenvalue weighted by atomic mass is 19.1. The molecular weight excluding hydrogens is 406 g/mol. The van der Waals surface area contributed by atoms with Crippen LogP contribution >= 0.6 is 0 Å². The van der Waals surface area contributed by atoms with E-state index in [4.69, 9.17) is 4.74 Å². The summed E-state index contributed by atoms with van der Waals surface area (Å²) < 4.78 is 36.3. The van der Waals surface area contributed by atoms with E-state index >= 15 is 0 Å². The largest absolute Gasteiger partial charge is 0.444 e. The normalized spacial score (nSPS) is 21.9. The summed E-state index contributed by atoms with van der Waals surface area (Å²) in [5.74, 6) is -1.52. The molecule has 0 aliphatic carbocycles. The molecule has 1 aromatic heterocycles. The van der Waals surface area contributed by atoms with Gasteiger partial charge in [-0.15, -0.1) is 0 Å². The molecule has 1 aliphatic rings. The predicted octanol–water partition coefficient (Wildman–Crippen LogP) is 4.50. The van der Waals surface area contributed by atoms with Crippen LogP contribution in [0.3, 0.4) is 0 Å². The van der Waals surface area contributed by atoms with Crippen molar-refractivity contribution in [2.45, 2.75) is 58.4 Å². The molecule has 0 saturated carbocycles. The van der Waals surface area contributed by atoms with Gasteiger partial charge in [0.25, 0.3) is 0 Å². The lowest BCUT2D eigenvalue weighted by molar-refractivity contribution is -0.120. The summed E-state index contributed by atoms with van der Waals surface area (Å²) in [7, 11) is 1.68. The number of nitrogens with one attached hydrogen (secondary N) is 2. The van der Waals surface area contributed by atoms with Gasteiger partial charge >= 0.3 is 6.09 Å². The number of aryl methyl sites for hydroxylation is 1. The van der Waals surface area contributed by atoms with Crippen LogP contribution in [-0.4, -0.2) is 33.6 Å². The predicted molar refractivity (Wildman–Crippen MR) is 113 cm³/mol. The maximum absolute atomic E-state index is 14.9. The van der Waals surface area contributed by atoms with E-state index < -0.39 is 35.6 Å². The molecule has 1 unspecified atom stereocenters. The minimum absolute atomic E-state index is 0.0455. The van der Waals surface area contributed by atoms with Crippen molar-refractivity contribution >= 4 is 17.7 Å². The van der Waals surface area contributed by atoms with Gasteiger partial charge in [0.05, 0.1) is 23.6 Å². The highest BCUT2D eigenvalue weighted by molar-refractivity contribution is 5.96. The molecule has 3 atom stereocenters. The molecule has 9 heteroatoms. The molecule has 31 heavy (non-hydrogen) atoms. The molecule has 2 bridgehead atoms. The molecule has 0 radical (unpaired) electrons. The number of hydrogen-bond donors (Lipinski definition) is 2. The standard InChI is InChI=1S/C22H28F2N4O3/c1-12-6-15(23)10-17(27-21(30)31-22(2,3)4)13-7-14(9-16(24)8-13)19-18(26-20(12)29)11-25-28(19)5/h7-9,11-12,15,17H,6,10H2,1-5H3,(H,26,29)(H,27,30)/t12-,15?,17+/m1/s1. The SMILES string of the molecule is C[C@@H]1CC(F)C[C@H](NC(=O)OC(C)(C)C)c2cc(F)cc(c2)-c2c(cnn2C)NC1=O. The van der Waals surface area contributed by atoms with E-state index in [0.29, 0.717) is 22.5 Å². The minimum atomic E-state index is -1.40. The third-order valence-electron chi connectivity index (χ3n) is 5.03. The molecule has 1 aliphatic heterocycles. The Bertz CT molecular complexity index is 984. The Hall–Kier alpha value is -2.97. The van der Waals surface area contributed by atoms with Crippen LogP contribution in [0.4, 0.5) is 19.3 Å². The van der Waals surface area contributed by atoms with Gasteiger partial charge in [-0.25, -0.2) is 13.6 Å². The van der Waals surface area contributed by atoms with E-state index in [1.807, 2.05) is 0 Å². The van der Waals surface area contributed by atoms with Gasteiger partial charge in [0.1, 0.15) is 17.6 Å². The van der Waals surface area contributed by atoms with Crippen LogP contribution in [0.15, 0.2) is 24.4 Å². The molecule has 2 aromatic rings. The van der Waals surface area contributed by atoms with Crippen molar-refractivity contribution in [3.05, 3.63) is 35.8 Å². The molecule has 0 saturated heterocycles. The first-order valence-corrected chi connectivity index (χ1v) is 10.2. The maximum Gasteiger partial charge on any atom is 0.408 e. The molecule has 3 rings (SSSR count). The lowest BCUT2D eigenvalue weighted by atomic mass is 9.93. The van der Waals surface area contributed by atoms with Crippen molar-refractivity contribution in [2.24, 2.45) is 13.0 Å². The number of fused-ring (bicyclic) bond motifs is 4. The number of aromatic nitrogens is 2. The molecule has 7 nitrogen and oxygen atoms in total. The number of alkyl halides is 1. The molecule has 2 heterocycles. The van der Waals surface area contributed by atoms with Gasteiger partial charge in [0, 0.05) is 24.9 Å². The Morgan fingerprint density at radius 2 is 2.00 bits per heavy atom. The van der Waals surface area contributed by atoms with E-state index in [1.54, 1.807) is 40.8 Å². The highest BCUT2D eigenvalue weighted by Gasteiger charge is 2.28. The number of rotatable bonds is 1. The van der Waals surface area contributed by atoms with Gasteiger partial charge in [-0.2, -0.15) is 5.10 Å². The van der Waals surface area contributed by atoms with E-state index in [2.05, 4.69) is 15.7 Å². The van der Waals surface area contributed by atoms with Crippen molar-refractivity contribution in [2.75, 3.05) is 5.32 Å². The fourth-order valence-electron chi connectivity index (χ4n) is 3.65. The van der Waals surface area contributed by atoms with Crippen molar-refractivity contribution < 1.29 is 23.1 Å². The Morgan fingerprint density at radius 1 is 1.29 bits per heavy atom. The first kappa shape index (κ1) is 22.7. The number of halogens is 2. The van der Waals surface area contributed by atoms with Crippen LogP contribution in [0.1, 0.15) is 52.1 Å². The summed E-state index contributed by atoms with van der Waals surface area (Å²) in [6.07, 6.45) is -0.830. The monoisotopic (exact) mass is 434 g/mol. The van der Waals surface area contributed by atoms with Crippen molar-refractivity contribution in [1.82, 2.24) is 15.1 Å². The van der Waals surface area contributed by atoms with Crippen molar-refractivity contribution in [3.63, 3.8) is 0 Å². The summed E-state index contributed by atoms with van der Waals surface area (Å²) in [6, 6.07) is 3.39. The molecule has 0 fully saturated rings. The second-order valence-electron chi connectivity index (χ2n) is 8.96. The van der Waals surface area contributed by atoms with Crippen LogP contribution in [0.2, 0.25) is 0 Å². The lowest BCUT2D eigenvalue weighted by Gasteiger charge is -2.26. The zero-order chi connectivity index (χ0) is 22.9. The Labute approximate surface area is 180 Å². The summed E-state index contributed by atoms with van der Waals surface area (Å²) >= 11 is 0. The third kappa shape index (κ3) is 5.59. The number of alkyl carbamates (subject to hydrolysis) is 1. The Balaban J connectivity index is 2.08. The number of carbonyl (C=O) groups is 2. The summed E-state index contributed by atoms with van der Waals surface area (Å²) in [4.78, 5) is 25.0. The molecule has 1 aromatic carbocycles. The number of carbonyl (C=O) groups excluding carboxylic acids is 2. The first-order valence-electron chi connectivity index (χ1n) is 10.2. The van der Waals surface area contributed by atoms with Gasteiger partial charge in [0.15, 0.2) is 0 Å². The second kappa shape index (κ2) is 8.64. The highest BCUT2D eigenvalue weighted by Crippen LogP contribution is 2.33. The van der Waals surface area contributed by atoms with Crippen LogP contribution in [0.25, 0.3) is 11.3 Å². The van der Waals surface area contributed by atoms with Gasteiger partial charge in [-0.3, -0.25) is 9.48 Å². The van der Waals surface area contributed by atoms with Gasteiger partial charge in [-0.05, 0) is 51.0 Å². The smallest absolute Gasteiger partial charge is 0.408 e. The van der Waals surface area contributed by atoms with Crippen molar-refractivity contribution in [1.29, 1.82) is 0 Å². The van der Waals surface area contributed by atoms with Gasteiger partial charge in [-0.1, -0.05) is 6.92 Å². The van der Waals surface area contributed by atoms with E-state index in [-0.39, 0.29) is 18.7 Å². The fraction of sp³-hybridized carbons (Fsp3) is 0.500. The number of amides is 2. The average Bonchev–Trinajstić information content (AvgIpc) is 2.98. The van der Waals surface area contributed by atoms with E-state index in [9.17, 15) is 18.4 Å². The van der Waals surface area contributed by atoms with E-state index in [0.717, 1.165) is 0 Å². The van der Waals surface area contributed by atoms with Crippen LogP contribution in [0, 0.1) is 11.7 Å². The van der Waals surface area contributed by atoms with Gasteiger partial charge < -0.3 is 15.4 Å². The van der Waals surface area contributed by atoms with Crippen LogP contribution in [-0.2, 0) is 16.6 Å². The summed E-state index contributed by atoms with van der Waals surface area (Å²) in [6.45, 7) is 6.79. The minimum Gasteiger partial charge on any atom is -0.444 e. The molecule has 168 valence electrons. The van der Waals surface area contributed by atoms with E-state index in [1.165, 1.54) is 23.0 Å². The second-order valence-corrected chi connectivity index (χ2v) is 8.96. The third-order valence-corrected chi connectivity index (χ3v) is 5.03. The fourth-order valence-corrected chi connectivity index (χ4v) is 3.65. The van der Waals surface area contributed by atoms with Crippen molar-refractivity contribution in [3.8, 4) is 11.3 Å². The number of benzene rings is 1. The first-order chi connectivity index (χ1) is 14.4. The number of hydrogen-bond acceptors (Lipinski definition) is 4. The lowest BCUT2D eigenvalue weighted by Crippen LogP contribution is -2.36. The molecular formula is C22H28F2N4O3. The summed E-state index contributed by atoms with van der Waals surface area (Å²) in [5, 5.41) is 9.60. The number of ether oxygens (including phenoxy) is 1. The maximum atomic E-state index is 14.9. The van der Waals surface area contributed by atoms with Crippen LogP contribution in [0.5, 0.6) is 0 Å². The Morgan fingerprint density at radius 3 is 2.68 bits per heavy atom. The zero-order valence-electron chi connectivity index (χ0n) is 18.3. The zero-order valence-corrected chi connectivity index (χ0v) is 18.3. The topological polar surface area (TPSA) is 85.2 Å². The summed E-state index contributed by atoms with van der Waals surface area (Å²) in [5.41, 5.74) is 1.02. The number of nitrogens with zero attached hydrogens (tertiary/aromatic N) is 2. The van der Waals surface area contributed by atoms with Gasteiger partial charge in [0.2, 0.25) is 5.91 Å². The number of anilines is 1. The van der Waals surface area contributed by atoms with Crippen LogP contribution < -0.4 is 10.6 Å².